The van der Waals surface area contributed by atoms with E-state index in [1.807, 2.05) is 12.1 Å². The maximum atomic E-state index is 5.49. The number of nitrogens with two attached hydrogens (primary N) is 1. The Kier molecular flexibility index (Phi) is 2.58. The zero-order valence-corrected chi connectivity index (χ0v) is 8.51. The number of benzene rings is 1. The Hall–Kier alpha value is -1.97. The molecule has 2 N–H and O–H groups in total. The van der Waals surface area contributed by atoms with Crippen LogP contribution in [-0.2, 0) is 6.42 Å². The zero-order chi connectivity index (χ0) is 10.7. The summed E-state index contributed by atoms with van der Waals surface area (Å²) in [6.45, 7) is 2.07. The van der Waals surface area contributed by atoms with Gasteiger partial charge < -0.3 is 5.73 Å². The lowest BCUT2D eigenvalue weighted by Gasteiger charge is -2.03. The molecule has 1 heterocycles. The molecule has 0 aliphatic heterocycles. The van der Waals surface area contributed by atoms with E-state index in [9.17, 15) is 0 Å². The molecular formula is C11H12N4. The van der Waals surface area contributed by atoms with Crippen molar-refractivity contribution in [3.8, 4) is 0 Å². The lowest BCUT2D eigenvalue weighted by atomic mass is 10.1. The normalized spacial score (nSPS) is 10.2. The van der Waals surface area contributed by atoms with Gasteiger partial charge >= 0.3 is 0 Å². The highest BCUT2D eigenvalue weighted by atomic mass is 15.1. The molecule has 0 saturated carbocycles. The van der Waals surface area contributed by atoms with E-state index in [0.717, 1.165) is 0 Å². The van der Waals surface area contributed by atoms with E-state index in [0.29, 0.717) is 12.2 Å². The van der Waals surface area contributed by atoms with Crippen LogP contribution >= 0.6 is 0 Å². The summed E-state index contributed by atoms with van der Waals surface area (Å²) in [5.41, 5.74) is 7.93. The number of hydrogen-bond acceptors (Lipinski definition) is 4. The van der Waals surface area contributed by atoms with Crippen LogP contribution < -0.4 is 5.73 Å². The molecule has 0 radical (unpaired) electrons. The molecule has 0 aliphatic rings. The van der Waals surface area contributed by atoms with Gasteiger partial charge in [-0.15, -0.1) is 0 Å². The van der Waals surface area contributed by atoms with E-state index < -0.39 is 0 Å². The highest BCUT2D eigenvalue weighted by Crippen LogP contribution is 2.10. The molecule has 15 heavy (non-hydrogen) atoms. The molecule has 1 aromatic heterocycles. The molecule has 1 aromatic carbocycles. The molecule has 0 atom stereocenters. The van der Waals surface area contributed by atoms with Crippen molar-refractivity contribution in [3.63, 3.8) is 0 Å². The number of aromatic nitrogens is 3. The van der Waals surface area contributed by atoms with E-state index in [4.69, 9.17) is 5.73 Å². The molecule has 2 aromatic rings. The third-order valence-electron chi connectivity index (χ3n) is 2.25. The van der Waals surface area contributed by atoms with Gasteiger partial charge in [0.1, 0.15) is 12.2 Å². The van der Waals surface area contributed by atoms with Crippen LogP contribution in [0.15, 0.2) is 30.6 Å². The summed E-state index contributed by atoms with van der Waals surface area (Å²) in [6, 6.07) is 8.16. The standard InChI is InChI=1S/C11H12N4/c1-8-4-2-3-5-9(8)6-10-13-7-14-11(12)15-10/h2-5,7H,6H2,1H3,(H2,12,13,14,15). The van der Waals surface area contributed by atoms with E-state index in [2.05, 4.69) is 34.0 Å². The Morgan fingerprint density at radius 2 is 2.00 bits per heavy atom. The van der Waals surface area contributed by atoms with Gasteiger partial charge in [0.05, 0.1) is 0 Å². The van der Waals surface area contributed by atoms with Gasteiger partial charge in [-0.1, -0.05) is 24.3 Å². The summed E-state index contributed by atoms with van der Waals surface area (Å²) in [4.78, 5) is 11.9. The number of nitrogen functional groups attached to an aromatic ring is 1. The Bertz CT molecular complexity index is 468. The van der Waals surface area contributed by atoms with Crippen molar-refractivity contribution in [2.24, 2.45) is 0 Å². The van der Waals surface area contributed by atoms with Gasteiger partial charge in [0.25, 0.3) is 0 Å². The minimum Gasteiger partial charge on any atom is -0.368 e. The van der Waals surface area contributed by atoms with Crippen LogP contribution in [0, 0.1) is 6.92 Å². The molecule has 0 amide bonds. The summed E-state index contributed by atoms with van der Waals surface area (Å²) >= 11 is 0. The summed E-state index contributed by atoms with van der Waals surface area (Å²) in [5.74, 6) is 0.977. The summed E-state index contributed by atoms with van der Waals surface area (Å²) < 4.78 is 0. The lowest BCUT2D eigenvalue weighted by Crippen LogP contribution is -2.02. The minimum absolute atomic E-state index is 0.272. The minimum atomic E-state index is 0.272. The van der Waals surface area contributed by atoms with Gasteiger partial charge in [0.2, 0.25) is 5.95 Å². The number of anilines is 1. The Morgan fingerprint density at radius 3 is 2.73 bits per heavy atom. The first kappa shape index (κ1) is 9.58. The van der Waals surface area contributed by atoms with Crippen LogP contribution in [0.4, 0.5) is 5.95 Å². The van der Waals surface area contributed by atoms with Crippen molar-refractivity contribution in [2.45, 2.75) is 13.3 Å². The average molecular weight is 200 g/mol. The first-order valence-electron chi connectivity index (χ1n) is 4.73. The molecule has 2 rings (SSSR count). The molecule has 4 heteroatoms. The van der Waals surface area contributed by atoms with E-state index in [1.165, 1.54) is 17.5 Å². The van der Waals surface area contributed by atoms with Gasteiger partial charge in [-0.2, -0.15) is 4.98 Å². The first-order valence-corrected chi connectivity index (χ1v) is 4.73. The fraction of sp³-hybridized carbons (Fsp3) is 0.182. The molecule has 0 unspecified atom stereocenters. The summed E-state index contributed by atoms with van der Waals surface area (Å²) in [7, 11) is 0. The van der Waals surface area contributed by atoms with Crippen LogP contribution in [-0.4, -0.2) is 15.0 Å². The monoisotopic (exact) mass is 200 g/mol. The maximum Gasteiger partial charge on any atom is 0.223 e. The summed E-state index contributed by atoms with van der Waals surface area (Å²) in [6.07, 6.45) is 2.13. The molecule has 0 bridgehead atoms. The quantitative estimate of drug-likeness (QED) is 0.794. The molecular weight excluding hydrogens is 188 g/mol. The SMILES string of the molecule is Cc1ccccc1Cc1ncnc(N)n1. The molecule has 76 valence electrons. The zero-order valence-electron chi connectivity index (χ0n) is 8.51. The predicted octanol–water partition coefficient (Wildman–Crippen LogP) is 1.35. The average Bonchev–Trinajstić information content (AvgIpc) is 2.22. The Balaban J connectivity index is 2.26. The second-order valence-electron chi connectivity index (χ2n) is 3.36. The van der Waals surface area contributed by atoms with Gasteiger partial charge in [-0.05, 0) is 18.1 Å². The highest BCUT2D eigenvalue weighted by molar-refractivity contribution is 5.28. The maximum absolute atomic E-state index is 5.49. The number of nitrogens with zero attached hydrogens (tertiary/aromatic N) is 3. The largest absolute Gasteiger partial charge is 0.368 e. The Labute approximate surface area is 88.2 Å². The lowest BCUT2D eigenvalue weighted by molar-refractivity contribution is 0.924. The molecule has 0 fully saturated rings. The number of rotatable bonds is 2. The first-order chi connectivity index (χ1) is 7.25. The smallest absolute Gasteiger partial charge is 0.223 e. The molecule has 4 nitrogen and oxygen atoms in total. The fourth-order valence-corrected chi connectivity index (χ4v) is 1.41. The van der Waals surface area contributed by atoms with Crippen LogP contribution in [0.5, 0.6) is 0 Å². The van der Waals surface area contributed by atoms with Crippen LogP contribution in [0.1, 0.15) is 17.0 Å². The van der Waals surface area contributed by atoms with Gasteiger partial charge in [0.15, 0.2) is 0 Å². The van der Waals surface area contributed by atoms with Crippen molar-refractivity contribution < 1.29 is 0 Å². The Morgan fingerprint density at radius 1 is 1.20 bits per heavy atom. The predicted molar refractivity (Wildman–Crippen MR) is 58.2 cm³/mol. The second-order valence-corrected chi connectivity index (χ2v) is 3.36. The van der Waals surface area contributed by atoms with Gasteiger partial charge in [-0.3, -0.25) is 0 Å². The van der Waals surface area contributed by atoms with Crippen LogP contribution in [0.2, 0.25) is 0 Å². The van der Waals surface area contributed by atoms with E-state index in [1.54, 1.807) is 0 Å². The number of aryl methyl sites for hydroxylation is 1. The number of hydrogen-bond donors (Lipinski definition) is 1. The van der Waals surface area contributed by atoms with Crippen molar-refractivity contribution in [3.05, 3.63) is 47.5 Å². The van der Waals surface area contributed by atoms with Crippen LogP contribution in [0.25, 0.3) is 0 Å². The third-order valence-corrected chi connectivity index (χ3v) is 2.25. The molecule has 0 spiro atoms. The molecule has 0 aliphatic carbocycles. The fourth-order valence-electron chi connectivity index (χ4n) is 1.41. The van der Waals surface area contributed by atoms with Gasteiger partial charge in [0, 0.05) is 6.42 Å². The topological polar surface area (TPSA) is 64.7 Å². The van der Waals surface area contributed by atoms with Gasteiger partial charge in [-0.25, -0.2) is 9.97 Å². The van der Waals surface area contributed by atoms with Crippen LogP contribution in [0.3, 0.4) is 0 Å². The van der Waals surface area contributed by atoms with E-state index in [-0.39, 0.29) is 5.95 Å². The van der Waals surface area contributed by atoms with E-state index >= 15 is 0 Å². The second kappa shape index (κ2) is 4.04. The molecule has 0 saturated heterocycles. The third kappa shape index (κ3) is 2.28. The summed E-state index contributed by atoms with van der Waals surface area (Å²) in [5, 5.41) is 0. The van der Waals surface area contributed by atoms with Crippen molar-refractivity contribution in [1.29, 1.82) is 0 Å². The van der Waals surface area contributed by atoms with Crippen molar-refractivity contribution in [2.75, 3.05) is 5.73 Å². The highest BCUT2D eigenvalue weighted by Gasteiger charge is 2.02. The van der Waals surface area contributed by atoms with Crippen molar-refractivity contribution >= 4 is 5.95 Å². The van der Waals surface area contributed by atoms with Crippen molar-refractivity contribution in [1.82, 2.24) is 15.0 Å².